The number of nitrogens with zero attached hydrogens (tertiary/aromatic N) is 2. The van der Waals surface area contributed by atoms with Gasteiger partial charge in [-0.05, 0) is 6.92 Å². The summed E-state index contributed by atoms with van der Waals surface area (Å²) >= 11 is 1.31. The largest absolute Gasteiger partial charge is 0.480 e. The van der Waals surface area contributed by atoms with Crippen molar-refractivity contribution in [2.45, 2.75) is 32.7 Å². The minimum atomic E-state index is -1.02. The number of thiazole rings is 1. The molecule has 6 heteroatoms. The highest BCUT2D eigenvalue weighted by molar-refractivity contribution is 7.13. The molecule has 1 rings (SSSR count). The van der Waals surface area contributed by atoms with E-state index in [2.05, 4.69) is 4.98 Å². The summed E-state index contributed by atoms with van der Waals surface area (Å²) in [5, 5.41) is 9.71. The molecule has 0 saturated carbocycles. The van der Waals surface area contributed by atoms with Gasteiger partial charge >= 0.3 is 5.97 Å². The van der Waals surface area contributed by atoms with Crippen molar-refractivity contribution in [3.05, 3.63) is 16.1 Å². The van der Waals surface area contributed by atoms with Crippen molar-refractivity contribution in [1.82, 2.24) is 9.88 Å². The molecule has 0 bridgehead atoms. The molecule has 1 aromatic heterocycles. The van der Waals surface area contributed by atoms with Crippen LogP contribution in [-0.4, -0.2) is 40.0 Å². The Bertz CT molecular complexity index is 428. The number of carbonyl (C=O) groups excluding carboxylic acids is 1. The van der Waals surface area contributed by atoms with Gasteiger partial charge in [0.1, 0.15) is 10.9 Å². The lowest BCUT2D eigenvalue weighted by Crippen LogP contribution is -2.39. The molecule has 0 saturated heterocycles. The SMILES string of the molecule is CC(C)c1ncc(C(=O)N(C)C(C)C(=O)O)s1. The quantitative estimate of drug-likeness (QED) is 0.892. The van der Waals surface area contributed by atoms with Crippen LogP contribution >= 0.6 is 11.3 Å². The summed E-state index contributed by atoms with van der Waals surface area (Å²) < 4.78 is 0. The Hall–Kier alpha value is -1.43. The molecular weight excluding hydrogens is 240 g/mol. The second kappa shape index (κ2) is 5.27. The molecule has 1 amide bonds. The third-order valence-corrected chi connectivity index (χ3v) is 3.77. The summed E-state index contributed by atoms with van der Waals surface area (Å²) in [5.41, 5.74) is 0. The first-order chi connectivity index (χ1) is 7.84. The van der Waals surface area contributed by atoms with Crippen molar-refractivity contribution in [3.8, 4) is 0 Å². The fraction of sp³-hybridized carbons (Fsp3) is 0.545. The lowest BCUT2D eigenvalue weighted by molar-refractivity contribution is -0.141. The molecule has 17 heavy (non-hydrogen) atoms. The van der Waals surface area contributed by atoms with Gasteiger partial charge in [0.2, 0.25) is 0 Å². The van der Waals surface area contributed by atoms with E-state index in [1.807, 2.05) is 13.8 Å². The second-order valence-electron chi connectivity index (χ2n) is 4.15. The number of hydrogen-bond acceptors (Lipinski definition) is 4. The van der Waals surface area contributed by atoms with Crippen LogP contribution in [0.2, 0.25) is 0 Å². The predicted molar refractivity (Wildman–Crippen MR) is 65.4 cm³/mol. The fourth-order valence-electron chi connectivity index (χ4n) is 1.17. The zero-order valence-corrected chi connectivity index (χ0v) is 11.1. The Morgan fingerprint density at radius 2 is 2.00 bits per heavy atom. The molecule has 0 aliphatic rings. The maximum Gasteiger partial charge on any atom is 0.326 e. The number of hydrogen-bond donors (Lipinski definition) is 1. The van der Waals surface area contributed by atoms with Gasteiger partial charge in [0.05, 0.1) is 11.2 Å². The van der Waals surface area contributed by atoms with E-state index in [0.29, 0.717) is 4.88 Å². The molecular formula is C11H16N2O3S. The summed E-state index contributed by atoms with van der Waals surface area (Å²) in [6.45, 7) is 5.47. The summed E-state index contributed by atoms with van der Waals surface area (Å²) in [7, 11) is 1.48. The Morgan fingerprint density at radius 3 is 2.41 bits per heavy atom. The zero-order chi connectivity index (χ0) is 13.2. The number of carboxylic acid groups (broad SMARTS) is 1. The van der Waals surface area contributed by atoms with Crippen molar-refractivity contribution < 1.29 is 14.7 Å². The fourth-order valence-corrected chi connectivity index (χ4v) is 2.07. The van der Waals surface area contributed by atoms with Crippen molar-refractivity contribution in [2.75, 3.05) is 7.05 Å². The number of carbonyl (C=O) groups is 2. The molecule has 1 aromatic rings. The van der Waals surface area contributed by atoms with Gasteiger partial charge in [-0.25, -0.2) is 9.78 Å². The highest BCUT2D eigenvalue weighted by Gasteiger charge is 2.24. The number of rotatable bonds is 4. The summed E-state index contributed by atoms with van der Waals surface area (Å²) in [6, 6.07) is -0.841. The molecule has 94 valence electrons. The molecule has 1 N–H and O–H groups in total. The topological polar surface area (TPSA) is 70.5 Å². The Labute approximate surface area is 104 Å². The maximum atomic E-state index is 12.0. The van der Waals surface area contributed by atoms with E-state index in [0.717, 1.165) is 5.01 Å². The minimum absolute atomic E-state index is 0.267. The first-order valence-electron chi connectivity index (χ1n) is 5.30. The summed E-state index contributed by atoms with van der Waals surface area (Å²) in [6.07, 6.45) is 1.51. The van der Waals surface area contributed by atoms with Crippen LogP contribution < -0.4 is 0 Å². The van der Waals surface area contributed by atoms with Crippen LogP contribution in [0.25, 0.3) is 0 Å². The molecule has 5 nitrogen and oxygen atoms in total. The average molecular weight is 256 g/mol. The second-order valence-corrected chi connectivity index (χ2v) is 5.21. The number of aromatic nitrogens is 1. The molecule has 0 aromatic carbocycles. The lowest BCUT2D eigenvalue weighted by Gasteiger charge is -2.20. The van der Waals surface area contributed by atoms with Gasteiger partial charge in [0.25, 0.3) is 5.91 Å². The third kappa shape index (κ3) is 3.03. The van der Waals surface area contributed by atoms with E-state index >= 15 is 0 Å². The van der Waals surface area contributed by atoms with Crippen LogP contribution in [0.3, 0.4) is 0 Å². The van der Waals surface area contributed by atoms with Crippen LogP contribution in [-0.2, 0) is 4.79 Å². The molecule has 0 spiro atoms. The highest BCUT2D eigenvalue weighted by atomic mass is 32.1. The molecule has 0 aliphatic carbocycles. The van der Waals surface area contributed by atoms with Gasteiger partial charge in [-0.3, -0.25) is 4.79 Å². The van der Waals surface area contributed by atoms with E-state index in [4.69, 9.17) is 5.11 Å². The third-order valence-electron chi connectivity index (χ3n) is 2.49. The number of aliphatic carboxylic acids is 1. The van der Waals surface area contributed by atoms with Crippen LogP contribution in [0.5, 0.6) is 0 Å². The first kappa shape index (κ1) is 13.6. The van der Waals surface area contributed by atoms with Crippen LogP contribution in [0.4, 0.5) is 0 Å². The van der Waals surface area contributed by atoms with Gasteiger partial charge in [0, 0.05) is 13.0 Å². The average Bonchev–Trinajstić information content (AvgIpc) is 2.75. The molecule has 1 heterocycles. The number of likely N-dealkylation sites (N-methyl/N-ethyl adjacent to an activating group) is 1. The first-order valence-corrected chi connectivity index (χ1v) is 6.12. The Balaban J connectivity index is 2.85. The predicted octanol–water partition coefficient (Wildman–Crippen LogP) is 1.81. The van der Waals surface area contributed by atoms with Crippen LogP contribution in [0.1, 0.15) is 41.4 Å². The Morgan fingerprint density at radius 1 is 1.41 bits per heavy atom. The molecule has 1 atom stereocenters. The van der Waals surface area contributed by atoms with Crippen LogP contribution in [0.15, 0.2) is 6.20 Å². The molecule has 0 radical (unpaired) electrons. The summed E-state index contributed by atoms with van der Waals surface area (Å²) in [5.74, 6) is -1.05. The van der Waals surface area contributed by atoms with E-state index < -0.39 is 12.0 Å². The van der Waals surface area contributed by atoms with Gasteiger partial charge in [0.15, 0.2) is 0 Å². The van der Waals surface area contributed by atoms with Gasteiger partial charge in [-0.2, -0.15) is 0 Å². The Kier molecular flexibility index (Phi) is 4.22. The molecule has 0 aliphatic heterocycles. The summed E-state index contributed by atoms with van der Waals surface area (Å²) in [4.78, 5) is 28.6. The van der Waals surface area contributed by atoms with Gasteiger partial charge < -0.3 is 10.0 Å². The van der Waals surface area contributed by atoms with E-state index in [-0.39, 0.29) is 11.8 Å². The smallest absolute Gasteiger partial charge is 0.326 e. The van der Waals surface area contributed by atoms with Crippen molar-refractivity contribution in [1.29, 1.82) is 0 Å². The number of carboxylic acids is 1. The van der Waals surface area contributed by atoms with E-state index in [1.54, 1.807) is 0 Å². The minimum Gasteiger partial charge on any atom is -0.480 e. The van der Waals surface area contributed by atoms with Crippen LogP contribution in [0, 0.1) is 0 Å². The molecule has 1 unspecified atom stereocenters. The van der Waals surface area contributed by atoms with E-state index in [9.17, 15) is 9.59 Å². The van der Waals surface area contributed by atoms with Gasteiger partial charge in [-0.15, -0.1) is 11.3 Å². The van der Waals surface area contributed by atoms with Crippen molar-refractivity contribution in [3.63, 3.8) is 0 Å². The number of amides is 1. The molecule has 0 fully saturated rings. The monoisotopic (exact) mass is 256 g/mol. The van der Waals surface area contributed by atoms with Gasteiger partial charge in [-0.1, -0.05) is 13.8 Å². The van der Waals surface area contributed by atoms with E-state index in [1.165, 1.54) is 36.4 Å². The highest BCUT2D eigenvalue weighted by Crippen LogP contribution is 2.22. The van der Waals surface area contributed by atoms with Crippen molar-refractivity contribution >= 4 is 23.2 Å². The van der Waals surface area contributed by atoms with Crippen molar-refractivity contribution in [2.24, 2.45) is 0 Å². The normalized spacial score (nSPS) is 12.5. The zero-order valence-electron chi connectivity index (χ0n) is 10.3. The maximum absolute atomic E-state index is 12.0. The standard InChI is InChI=1S/C11H16N2O3S/c1-6(2)9-12-5-8(17-9)10(14)13(4)7(3)11(15)16/h5-7H,1-4H3,(H,15,16). The lowest BCUT2D eigenvalue weighted by atomic mass is 10.2.